The highest BCUT2D eigenvalue weighted by Crippen LogP contribution is 2.53. The summed E-state index contributed by atoms with van der Waals surface area (Å²) < 4.78 is -0.243. The zero-order valence-electron chi connectivity index (χ0n) is 24.7. The van der Waals surface area contributed by atoms with Crippen molar-refractivity contribution in [3.63, 3.8) is 0 Å². The molecule has 0 spiro atoms. The maximum absolute atomic E-state index is 13.2. The molecule has 1 heterocycles. The number of unbranched alkanes of at least 4 members (excludes halogenated alkanes) is 14. The predicted molar refractivity (Wildman–Crippen MR) is 167 cm³/mol. The summed E-state index contributed by atoms with van der Waals surface area (Å²) in [5, 5.41) is 32.1. The second kappa shape index (κ2) is 18.7. The maximum atomic E-state index is 13.2. The molecule has 0 saturated heterocycles. The van der Waals surface area contributed by atoms with E-state index in [4.69, 9.17) is 0 Å². The Hall–Kier alpha value is -1.64. The van der Waals surface area contributed by atoms with Crippen LogP contribution in [0.2, 0.25) is 0 Å². The molecular formula is C32H51NO5S2. The minimum Gasteiger partial charge on any atom is -0.481 e. The summed E-state index contributed by atoms with van der Waals surface area (Å²) in [5.74, 6) is -2.40. The largest absolute Gasteiger partial charge is 0.481 e. The number of carboxylic acid groups (broad SMARTS) is 2. The average Bonchev–Trinajstić information content (AvgIpc) is 3.35. The van der Waals surface area contributed by atoms with Crippen molar-refractivity contribution in [1.29, 1.82) is 0 Å². The maximum Gasteiger partial charge on any atom is 0.321 e. The van der Waals surface area contributed by atoms with Crippen LogP contribution in [-0.2, 0) is 9.59 Å². The molecular weight excluding hydrogens is 542 g/mol. The SMILES string of the molecule is CCCCCCCCCCC(CO)(C(=O)O)C(CCCCCCCCCC)(Sc1nc2ccccc2s1)C(=O)O. The van der Waals surface area contributed by atoms with Gasteiger partial charge in [0.2, 0.25) is 0 Å². The molecule has 0 aliphatic rings. The van der Waals surface area contributed by atoms with Gasteiger partial charge >= 0.3 is 11.9 Å². The minimum absolute atomic E-state index is 0.134. The molecule has 0 aliphatic heterocycles. The summed E-state index contributed by atoms with van der Waals surface area (Å²) in [6, 6.07) is 7.62. The lowest BCUT2D eigenvalue weighted by Gasteiger charge is -2.43. The van der Waals surface area contributed by atoms with Gasteiger partial charge in [-0.15, -0.1) is 11.3 Å². The van der Waals surface area contributed by atoms with Gasteiger partial charge < -0.3 is 15.3 Å². The van der Waals surface area contributed by atoms with Crippen molar-refractivity contribution in [2.75, 3.05) is 6.61 Å². The Morgan fingerprint density at radius 3 is 1.73 bits per heavy atom. The van der Waals surface area contributed by atoms with Crippen molar-refractivity contribution in [3.05, 3.63) is 24.3 Å². The van der Waals surface area contributed by atoms with Crippen LogP contribution >= 0.6 is 23.1 Å². The van der Waals surface area contributed by atoms with Crippen LogP contribution in [0.1, 0.15) is 129 Å². The number of thioether (sulfide) groups is 1. The molecule has 2 atom stereocenters. The second-order valence-electron chi connectivity index (χ2n) is 11.2. The molecule has 1 aromatic heterocycles. The van der Waals surface area contributed by atoms with Gasteiger partial charge in [0.05, 0.1) is 16.8 Å². The van der Waals surface area contributed by atoms with Gasteiger partial charge in [-0.1, -0.05) is 140 Å². The van der Waals surface area contributed by atoms with E-state index in [0.717, 1.165) is 60.5 Å². The summed E-state index contributed by atoms with van der Waals surface area (Å²) in [4.78, 5) is 30.9. The van der Waals surface area contributed by atoms with Gasteiger partial charge in [-0.25, -0.2) is 4.98 Å². The normalized spacial score (nSPS) is 14.7. The number of carbonyl (C=O) groups is 2. The van der Waals surface area contributed by atoms with Crippen molar-refractivity contribution >= 4 is 45.3 Å². The van der Waals surface area contributed by atoms with E-state index in [2.05, 4.69) is 18.8 Å². The topological polar surface area (TPSA) is 108 Å². The molecule has 0 aliphatic carbocycles. The summed E-state index contributed by atoms with van der Waals surface area (Å²) in [6.45, 7) is 3.67. The van der Waals surface area contributed by atoms with Crippen LogP contribution in [0.4, 0.5) is 0 Å². The Morgan fingerprint density at radius 2 is 1.25 bits per heavy atom. The smallest absolute Gasteiger partial charge is 0.321 e. The highest BCUT2D eigenvalue weighted by molar-refractivity contribution is 8.03. The number of para-hydroxylation sites is 1. The van der Waals surface area contributed by atoms with E-state index < -0.39 is 28.7 Å². The number of fused-ring (bicyclic) bond motifs is 1. The van der Waals surface area contributed by atoms with Crippen molar-refractivity contribution in [3.8, 4) is 0 Å². The molecule has 0 saturated carbocycles. The number of hydrogen-bond donors (Lipinski definition) is 3. The number of hydrogen-bond acceptors (Lipinski definition) is 6. The number of rotatable bonds is 24. The molecule has 0 amide bonds. The zero-order chi connectivity index (χ0) is 29.3. The van der Waals surface area contributed by atoms with Crippen molar-refractivity contribution in [2.45, 2.75) is 139 Å². The Bertz CT molecular complexity index is 979. The van der Waals surface area contributed by atoms with Crippen LogP contribution in [0.3, 0.4) is 0 Å². The number of thiazole rings is 1. The van der Waals surface area contributed by atoms with Crippen molar-refractivity contribution in [2.24, 2.45) is 5.41 Å². The van der Waals surface area contributed by atoms with Gasteiger partial charge in [-0.05, 0) is 25.0 Å². The lowest BCUT2D eigenvalue weighted by molar-refractivity contribution is -0.164. The van der Waals surface area contributed by atoms with Gasteiger partial charge in [0.1, 0.15) is 10.2 Å². The average molecular weight is 594 g/mol. The number of aliphatic carboxylic acids is 2. The third-order valence-corrected chi connectivity index (χ3v) is 10.9. The summed E-state index contributed by atoms with van der Waals surface area (Å²) in [5.41, 5.74) is -1.03. The van der Waals surface area contributed by atoms with Crippen LogP contribution in [0, 0.1) is 5.41 Å². The summed E-state index contributed by atoms with van der Waals surface area (Å²) >= 11 is 2.44. The van der Waals surface area contributed by atoms with Crippen LogP contribution < -0.4 is 0 Å². The quantitative estimate of drug-likeness (QED) is 0.0822. The number of aliphatic hydroxyl groups is 1. The number of aliphatic hydroxyl groups excluding tert-OH is 1. The molecule has 2 unspecified atom stereocenters. The number of nitrogens with zero attached hydrogens (tertiary/aromatic N) is 1. The third-order valence-electron chi connectivity index (χ3n) is 8.17. The Morgan fingerprint density at radius 1 is 0.750 bits per heavy atom. The number of aromatic nitrogens is 1. The van der Waals surface area contributed by atoms with E-state index in [-0.39, 0.29) is 12.8 Å². The lowest BCUT2D eigenvalue weighted by Crippen LogP contribution is -2.58. The summed E-state index contributed by atoms with van der Waals surface area (Å²) in [6.07, 6.45) is 17.0. The van der Waals surface area contributed by atoms with E-state index in [1.54, 1.807) is 0 Å². The molecule has 0 fully saturated rings. The van der Waals surface area contributed by atoms with E-state index in [9.17, 15) is 24.9 Å². The molecule has 8 heteroatoms. The first kappa shape index (κ1) is 34.6. The lowest BCUT2D eigenvalue weighted by atomic mass is 9.69. The van der Waals surface area contributed by atoms with Gasteiger partial charge in [-0.3, -0.25) is 9.59 Å². The monoisotopic (exact) mass is 593 g/mol. The van der Waals surface area contributed by atoms with Crippen LogP contribution in [0.25, 0.3) is 10.2 Å². The molecule has 2 rings (SSSR count). The van der Waals surface area contributed by atoms with Crippen LogP contribution in [0.5, 0.6) is 0 Å². The molecule has 6 nitrogen and oxygen atoms in total. The van der Waals surface area contributed by atoms with Crippen LogP contribution in [0.15, 0.2) is 28.6 Å². The van der Waals surface area contributed by atoms with Crippen LogP contribution in [-0.4, -0.2) is 43.6 Å². The Labute approximate surface area is 249 Å². The number of benzene rings is 1. The van der Waals surface area contributed by atoms with Gasteiger partial charge in [0, 0.05) is 0 Å². The first-order valence-electron chi connectivity index (χ1n) is 15.5. The Balaban J connectivity index is 2.26. The van der Waals surface area contributed by atoms with E-state index >= 15 is 0 Å². The van der Waals surface area contributed by atoms with Gasteiger partial charge in [-0.2, -0.15) is 0 Å². The standard InChI is InChI=1S/C32H51NO5S2/c1-3-5-7-9-11-13-15-19-23-31(25-34,28(35)36)32(29(37)38,24-20-16-14-12-10-8-6-4-2)40-30-33-26-21-17-18-22-27(26)39-30/h17-18,21-22,34H,3-16,19-20,23-25H2,1-2H3,(H,35,36)(H,37,38). The highest BCUT2D eigenvalue weighted by atomic mass is 32.2. The molecule has 3 N–H and O–H groups in total. The van der Waals surface area contributed by atoms with Crippen molar-refractivity contribution < 1.29 is 24.9 Å². The van der Waals surface area contributed by atoms with E-state index in [1.165, 1.54) is 62.7 Å². The van der Waals surface area contributed by atoms with Gasteiger partial charge in [0.15, 0.2) is 4.34 Å². The highest BCUT2D eigenvalue weighted by Gasteiger charge is 2.61. The van der Waals surface area contributed by atoms with Gasteiger partial charge in [0.25, 0.3) is 0 Å². The first-order valence-corrected chi connectivity index (χ1v) is 17.1. The fourth-order valence-corrected chi connectivity index (χ4v) is 8.40. The number of carboxylic acids is 2. The minimum atomic E-state index is -1.80. The Kier molecular flexibility index (Phi) is 16.2. The molecule has 0 radical (unpaired) electrons. The van der Waals surface area contributed by atoms with E-state index in [1.807, 2.05) is 24.3 Å². The zero-order valence-corrected chi connectivity index (χ0v) is 26.3. The third kappa shape index (κ3) is 9.73. The van der Waals surface area contributed by atoms with E-state index in [0.29, 0.717) is 17.2 Å². The molecule has 0 bridgehead atoms. The first-order chi connectivity index (χ1) is 19.4. The molecule has 226 valence electrons. The van der Waals surface area contributed by atoms with Crippen molar-refractivity contribution in [1.82, 2.24) is 4.98 Å². The molecule has 40 heavy (non-hydrogen) atoms. The fourth-order valence-electron chi connectivity index (χ4n) is 5.61. The molecule has 1 aromatic carbocycles. The fraction of sp³-hybridized carbons (Fsp3) is 0.719. The molecule has 2 aromatic rings. The summed E-state index contributed by atoms with van der Waals surface area (Å²) in [7, 11) is 0. The second-order valence-corrected chi connectivity index (χ2v) is 13.8. The predicted octanol–water partition coefficient (Wildman–Crippen LogP) is 9.34.